The van der Waals surface area contributed by atoms with Crippen molar-refractivity contribution in [1.29, 1.82) is 0 Å². The fraction of sp³-hybridized carbons (Fsp3) is 0.194. The van der Waals surface area contributed by atoms with E-state index in [-0.39, 0.29) is 18.3 Å². The maximum atomic E-state index is 13.9. The van der Waals surface area contributed by atoms with Crippen molar-refractivity contribution >= 4 is 22.8 Å². The fourth-order valence-electron chi connectivity index (χ4n) is 5.06. The van der Waals surface area contributed by atoms with Gasteiger partial charge in [-0.3, -0.25) is 4.79 Å². The molecule has 3 aromatic carbocycles. The number of benzene rings is 3. The Morgan fingerprint density at radius 2 is 1.69 bits per heavy atom. The van der Waals surface area contributed by atoms with Gasteiger partial charge in [0.15, 0.2) is 23.8 Å². The number of rotatable bonds is 6. The van der Waals surface area contributed by atoms with Gasteiger partial charge in [0, 0.05) is 43.6 Å². The van der Waals surface area contributed by atoms with Crippen LogP contribution in [0.3, 0.4) is 0 Å². The summed E-state index contributed by atoms with van der Waals surface area (Å²) in [7, 11) is 0. The molecule has 6 rings (SSSR count). The topological polar surface area (TPSA) is 63.5 Å². The maximum absolute atomic E-state index is 13.9. The minimum atomic E-state index is -0.477. The van der Waals surface area contributed by atoms with E-state index in [1.165, 1.54) is 17.7 Å². The summed E-state index contributed by atoms with van der Waals surface area (Å²) < 4.78 is 21.4. The summed E-state index contributed by atoms with van der Waals surface area (Å²) in [5.74, 6) is 0.287. The molecule has 0 N–H and O–H groups in total. The van der Waals surface area contributed by atoms with Gasteiger partial charge in [0.05, 0.1) is 5.39 Å². The first-order chi connectivity index (χ1) is 19.1. The molecule has 0 bridgehead atoms. The normalized spacial score (nSPS) is 13.6. The standard InChI is InChI=1S/C31H28FN5O2/c1-22-8-7-11-24(18-22)37-19-25(23-9-3-2-4-10-23)29-30(33-21-34-31(29)37)36-16-14-35(15-17-36)28(38)20-39-27-13-6-5-12-26(27)32/h2-13,18-19,21H,14-17,20H2,1H3. The number of aryl methyl sites for hydroxylation is 1. The highest BCUT2D eigenvalue weighted by Crippen LogP contribution is 2.37. The number of halogens is 1. The van der Waals surface area contributed by atoms with E-state index in [0.717, 1.165) is 33.7 Å². The molecule has 0 saturated carbocycles. The highest BCUT2D eigenvalue weighted by Gasteiger charge is 2.26. The molecule has 8 heteroatoms. The van der Waals surface area contributed by atoms with Crippen LogP contribution in [0.4, 0.5) is 10.2 Å². The number of ether oxygens (including phenoxy) is 1. The van der Waals surface area contributed by atoms with Crippen molar-refractivity contribution in [2.75, 3.05) is 37.7 Å². The van der Waals surface area contributed by atoms with Crippen molar-refractivity contribution in [3.8, 4) is 22.6 Å². The SMILES string of the molecule is Cc1cccc(-n2cc(-c3ccccc3)c3c(N4CCN(C(=O)COc5ccccc5F)CC4)ncnc32)c1. The molecule has 1 saturated heterocycles. The summed E-state index contributed by atoms with van der Waals surface area (Å²) in [4.78, 5) is 26.2. The molecule has 1 aliphatic heterocycles. The highest BCUT2D eigenvalue weighted by atomic mass is 19.1. The smallest absolute Gasteiger partial charge is 0.260 e. The molecule has 2 aromatic heterocycles. The predicted molar refractivity (Wildman–Crippen MR) is 150 cm³/mol. The molecule has 0 radical (unpaired) electrons. The van der Waals surface area contributed by atoms with E-state index in [1.54, 1.807) is 23.4 Å². The number of fused-ring (bicyclic) bond motifs is 1. The summed E-state index contributed by atoms with van der Waals surface area (Å²) in [5.41, 5.74) is 5.19. The van der Waals surface area contributed by atoms with Crippen molar-refractivity contribution in [3.63, 3.8) is 0 Å². The molecule has 3 heterocycles. The monoisotopic (exact) mass is 521 g/mol. The molecule has 0 atom stereocenters. The van der Waals surface area contributed by atoms with Crippen LogP contribution in [-0.4, -0.2) is 58.1 Å². The van der Waals surface area contributed by atoms with Gasteiger partial charge in [0.2, 0.25) is 0 Å². The number of carbonyl (C=O) groups excluding carboxylic acids is 1. The second-order valence-electron chi connectivity index (χ2n) is 9.60. The van der Waals surface area contributed by atoms with Crippen LogP contribution in [0, 0.1) is 12.7 Å². The Balaban J connectivity index is 1.28. The minimum Gasteiger partial charge on any atom is -0.481 e. The molecule has 1 aliphatic rings. The van der Waals surface area contributed by atoms with E-state index < -0.39 is 5.82 Å². The van der Waals surface area contributed by atoms with Gasteiger partial charge in [-0.05, 0) is 42.3 Å². The quantitative estimate of drug-likeness (QED) is 0.305. The molecular formula is C31H28FN5O2. The van der Waals surface area contributed by atoms with Gasteiger partial charge in [0.25, 0.3) is 5.91 Å². The van der Waals surface area contributed by atoms with E-state index >= 15 is 0 Å². The lowest BCUT2D eigenvalue weighted by atomic mass is 10.1. The number of anilines is 1. The average molecular weight is 522 g/mol. The number of hydrogen-bond acceptors (Lipinski definition) is 5. The lowest BCUT2D eigenvalue weighted by Gasteiger charge is -2.35. The van der Waals surface area contributed by atoms with Gasteiger partial charge in [0.1, 0.15) is 12.1 Å². The largest absolute Gasteiger partial charge is 0.481 e. The first kappa shape index (κ1) is 24.6. The number of piperazine rings is 1. The van der Waals surface area contributed by atoms with Crippen LogP contribution in [0.5, 0.6) is 5.75 Å². The summed E-state index contributed by atoms with van der Waals surface area (Å²) in [6, 6.07) is 24.7. The summed E-state index contributed by atoms with van der Waals surface area (Å²) in [6.45, 7) is 4.14. The van der Waals surface area contributed by atoms with Crippen molar-refractivity contribution in [3.05, 3.63) is 103 Å². The maximum Gasteiger partial charge on any atom is 0.260 e. The molecule has 39 heavy (non-hydrogen) atoms. The molecule has 196 valence electrons. The zero-order valence-corrected chi connectivity index (χ0v) is 21.6. The lowest BCUT2D eigenvalue weighted by Crippen LogP contribution is -2.50. The summed E-state index contributed by atoms with van der Waals surface area (Å²) in [5, 5.41) is 0.980. The number of para-hydroxylation sites is 1. The third-order valence-corrected chi connectivity index (χ3v) is 7.05. The van der Waals surface area contributed by atoms with Crippen LogP contribution in [0.1, 0.15) is 5.56 Å². The molecule has 0 aliphatic carbocycles. The predicted octanol–water partition coefficient (Wildman–Crippen LogP) is 5.26. The molecule has 7 nitrogen and oxygen atoms in total. The van der Waals surface area contributed by atoms with Crippen LogP contribution < -0.4 is 9.64 Å². The van der Waals surface area contributed by atoms with Gasteiger partial charge >= 0.3 is 0 Å². The van der Waals surface area contributed by atoms with E-state index in [1.807, 2.05) is 24.3 Å². The van der Waals surface area contributed by atoms with Gasteiger partial charge in [-0.25, -0.2) is 14.4 Å². The first-order valence-electron chi connectivity index (χ1n) is 13.0. The van der Waals surface area contributed by atoms with Gasteiger partial charge < -0.3 is 19.1 Å². The number of nitrogens with zero attached hydrogens (tertiary/aromatic N) is 5. The molecule has 1 fully saturated rings. The Morgan fingerprint density at radius 3 is 2.46 bits per heavy atom. The number of amides is 1. The number of aromatic nitrogens is 3. The van der Waals surface area contributed by atoms with E-state index in [2.05, 4.69) is 52.9 Å². The third kappa shape index (κ3) is 4.93. The third-order valence-electron chi connectivity index (χ3n) is 7.05. The van der Waals surface area contributed by atoms with Crippen LogP contribution in [0.25, 0.3) is 27.8 Å². The van der Waals surface area contributed by atoms with E-state index in [0.29, 0.717) is 26.2 Å². The summed E-state index contributed by atoms with van der Waals surface area (Å²) in [6.07, 6.45) is 3.74. The molecule has 1 amide bonds. The first-order valence-corrected chi connectivity index (χ1v) is 13.0. The lowest BCUT2D eigenvalue weighted by molar-refractivity contribution is -0.133. The van der Waals surface area contributed by atoms with Crippen LogP contribution >= 0.6 is 0 Å². The Bertz CT molecular complexity index is 1630. The van der Waals surface area contributed by atoms with Gasteiger partial charge in [-0.2, -0.15) is 0 Å². The Kier molecular flexibility index (Phi) is 6.67. The molecule has 0 unspecified atom stereocenters. The molecule has 5 aromatic rings. The number of hydrogen-bond donors (Lipinski definition) is 0. The Morgan fingerprint density at radius 1 is 0.923 bits per heavy atom. The Hall–Kier alpha value is -4.72. The number of carbonyl (C=O) groups is 1. The second-order valence-corrected chi connectivity index (χ2v) is 9.60. The highest BCUT2D eigenvalue weighted by molar-refractivity contribution is 6.02. The summed E-state index contributed by atoms with van der Waals surface area (Å²) >= 11 is 0. The van der Waals surface area contributed by atoms with Crippen molar-refractivity contribution in [2.45, 2.75) is 6.92 Å². The van der Waals surface area contributed by atoms with Crippen molar-refractivity contribution in [1.82, 2.24) is 19.4 Å². The van der Waals surface area contributed by atoms with Crippen LogP contribution in [0.15, 0.2) is 91.4 Å². The average Bonchev–Trinajstić information content (AvgIpc) is 3.37. The Labute approximate surface area is 226 Å². The minimum absolute atomic E-state index is 0.0828. The van der Waals surface area contributed by atoms with E-state index in [9.17, 15) is 9.18 Å². The molecule has 0 spiro atoms. The van der Waals surface area contributed by atoms with E-state index in [4.69, 9.17) is 14.7 Å². The van der Waals surface area contributed by atoms with Gasteiger partial charge in [-0.1, -0.05) is 54.6 Å². The second kappa shape index (κ2) is 10.6. The zero-order chi connectivity index (χ0) is 26.8. The zero-order valence-electron chi connectivity index (χ0n) is 21.6. The fourth-order valence-corrected chi connectivity index (χ4v) is 5.06. The van der Waals surface area contributed by atoms with Gasteiger partial charge in [-0.15, -0.1) is 0 Å². The van der Waals surface area contributed by atoms with Crippen LogP contribution in [0.2, 0.25) is 0 Å². The molecular weight excluding hydrogens is 493 g/mol. The van der Waals surface area contributed by atoms with Crippen molar-refractivity contribution < 1.29 is 13.9 Å². The van der Waals surface area contributed by atoms with Crippen LogP contribution in [-0.2, 0) is 4.79 Å². The van der Waals surface area contributed by atoms with Crippen molar-refractivity contribution in [2.24, 2.45) is 0 Å².